The zero-order chi connectivity index (χ0) is 8.55. The molecule has 0 amide bonds. The molecule has 0 saturated carbocycles. The number of fused-ring (bicyclic) bond motifs is 1. The first kappa shape index (κ1) is 8.83. The molecule has 0 unspecified atom stereocenters. The van der Waals surface area contributed by atoms with Crippen LogP contribution >= 0.6 is 46.2 Å². The topological polar surface area (TPSA) is 37.3 Å². The molecule has 0 spiro atoms. The Morgan fingerprint density at radius 2 is 2.08 bits per heavy atom. The van der Waals surface area contributed by atoms with Crippen LogP contribution in [0.15, 0.2) is 23.5 Å². The van der Waals surface area contributed by atoms with Gasteiger partial charge in [-0.25, -0.2) is 0 Å². The van der Waals surface area contributed by atoms with E-state index >= 15 is 0 Å². The standard InChI is InChI=1S/C6H4O2S4/c7-1-3-2-9-4-5(10-3)12-6(8)11-4/h2,7H,1H2. The summed E-state index contributed by atoms with van der Waals surface area (Å²) in [6.45, 7) is 0.0634. The van der Waals surface area contributed by atoms with Gasteiger partial charge in [0, 0.05) is 4.91 Å². The fourth-order valence-electron chi connectivity index (χ4n) is 0.722. The number of rotatable bonds is 1. The number of hydrogen-bond acceptors (Lipinski definition) is 6. The van der Waals surface area contributed by atoms with Gasteiger partial charge in [-0.1, -0.05) is 46.2 Å². The highest BCUT2D eigenvalue weighted by atomic mass is 32.2. The third kappa shape index (κ3) is 1.62. The molecule has 12 heavy (non-hydrogen) atoms. The summed E-state index contributed by atoms with van der Waals surface area (Å²) < 4.78 is 2.22. The van der Waals surface area contributed by atoms with Gasteiger partial charge in [-0.3, -0.25) is 4.79 Å². The molecule has 1 aromatic rings. The van der Waals surface area contributed by atoms with Crippen molar-refractivity contribution in [3.8, 4) is 0 Å². The van der Waals surface area contributed by atoms with E-state index in [4.69, 9.17) is 5.11 Å². The van der Waals surface area contributed by atoms with Gasteiger partial charge in [-0.05, 0) is 5.41 Å². The average Bonchev–Trinajstić information content (AvgIpc) is 2.43. The minimum atomic E-state index is 0.0634. The molecule has 6 heteroatoms. The molecule has 1 aromatic heterocycles. The van der Waals surface area contributed by atoms with Crippen molar-refractivity contribution in [3.63, 3.8) is 0 Å². The predicted octanol–water partition coefficient (Wildman–Crippen LogP) is 2.20. The zero-order valence-corrected chi connectivity index (χ0v) is 9.04. The van der Waals surface area contributed by atoms with Crippen molar-refractivity contribution >= 4 is 46.2 Å². The van der Waals surface area contributed by atoms with E-state index in [0.29, 0.717) is 0 Å². The fourth-order valence-corrected chi connectivity index (χ4v) is 5.62. The molecule has 0 radical (unpaired) electrons. The van der Waals surface area contributed by atoms with Gasteiger partial charge in [0.15, 0.2) is 0 Å². The largest absolute Gasteiger partial charge is 0.391 e. The van der Waals surface area contributed by atoms with Gasteiger partial charge < -0.3 is 5.11 Å². The van der Waals surface area contributed by atoms with Crippen molar-refractivity contribution < 1.29 is 5.11 Å². The number of thioether (sulfide) groups is 2. The maximum Gasteiger partial charge on any atom is 0.289 e. The molecule has 1 aliphatic heterocycles. The van der Waals surface area contributed by atoms with E-state index in [1.54, 1.807) is 0 Å². The summed E-state index contributed by atoms with van der Waals surface area (Å²) in [5, 5.41) is 10.7. The Morgan fingerprint density at radius 1 is 1.33 bits per heavy atom. The van der Waals surface area contributed by atoms with Gasteiger partial charge in [-0.15, -0.1) is 0 Å². The van der Waals surface area contributed by atoms with Gasteiger partial charge in [0.2, 0.25) is 0 Å². The molecule has 1 N–H and O–H groups in total. The smallest absolute Gasteiger partial charge is 0.289 e. The third-order valence-electron chi connectivity index (χ3n) is 1.20. The molecule has 0 atom stereocenters. The normalized spacial score (nSPS) is 15.6. The summed E-state index contributed by atoms with van der Waals surface area (Å²) >= 11 is 5.57. The first-order valence-corrected chi connectivity index (χ1v) is 6.41. The molecule has 0 saturated heterocycles. The molecule has 0 fully saturated rings. The van der Waals surface area contributed by atoms with Gasteiger partial charge in [0.05, 0.1) is 15.0 Å². The average molecular weight is 236 g/mol. The molecular weight excluding hydrogens is 232 g/mol. The Bertz CT molecular complexity index is 375. The Labute approximate surface area is 85.3 Å². The van der Waals surface area contributed by atoms with Crippen LogP contribution in [0.5, 0.6) is 0 Å². The van der Waals surface area contributed by atoms with Crippen molar-refractivity contribution in [2.24, 2.45) is 0 Å². The van der Waals surface area contributed by atoms with Crippen LogP contribution in [-0.4, -0.2) is 11.7 Å². The molecular formula is C6H4O2S4. The lowest BCUT2D eigenvalue weighted by atomic mass is 10.7. The van der Waals surface area contributed by atoms with Crippen LogP contribution in [0.25, 0.3) is 0 Å². The highest BCUT2D eigenvalue weighted by Gasteiger charge is 2.15. The monoisotopic (exact) mass is 236 g/mol. The van der Waals surface area contributed by atoms with Crippen molar-refractivity contribution in [3.05, 3.63) is 19.2 Å². The van der Waals surface area contributed by atoms with Gasteiger partial charge in [0.25, 0.3) is 4.06 Å². The highest BCUT2D eigenvalue weighted by molar-refractivity contribution is 8.11. The van der Waals surface area contributed by atoms with E-state index < -0.39 is 0 Å². The molecule has 64 valence electrons. The number of aliphatic hydroxyl groups excluding tert-OH is 1. The van der Waals surface area contributed by atoms with Crippen molar-refractivity contribution in [2.45, 2.75) is 8.42 Å². The minimum absolute atomic E-state index is 0.0634. The molecule has 0 aromatic carbocycles. The van der Waals surface area contributed by atoms with Crippen molar-refractivity contribution in [2.75, 3.05) is 6.61 Å². The Kier molecular flexibility index (Phi) is 2.61. The van der Waals surface area contributed by atoms with Gasteiger partial charge in [-0.2, -0.15) is 0 Å². The van der Waals surface area contributed by atoms with Gasteiger partial charge in [0.1, 0.15) is 0 Å². The van der Waals surface area contributed by atoms with Crippen LogP contribution in [0.2, 0.25) is 0 Å². The second kappa shape index (κ2) is 3.55. The second-order valence-electron chi connectivity index (χ2n) is 1.99. The van der Waals surface area contributed by atoms with E-state index in [2.05, 4.69) is 0 Å². The first-order valence-electron chi connectivity index (χ1n) is 3.08. The summed E-state index contributed by atoms with van der Waals surface area (Å²) in [7, 11) is 0. The van der Waals surface area contributed by atoms with Crippen molar-refractivity contribution in [1.82, 2.24) is 0 Å². The Morgan fingerprint density at radius 3 is 2.83 bits per heavy atom. The van der Waals surface area contributed by atoms with Crippen LogP contribution in [0.4, 0.5) is 0 Å². The maximum atomic E-state index is 11.0. The lowest BCUT2D eigenvalue weighted by Gasteiger charge is -2.07. The molecule has 2 nitrogen and oxygen atoms in total. The van der Waals surface area contributed by atoms with Crippen LogP contribution in [0.3, 0.4) is 0 Å². The summed E-state index contributed by atoms with van der Waals surface area (Å²) in [6, 6.07) is 0. The SMILES string of the molecule is O=c1sc2c(s1)SC(CO)=CS2. The number of hydrogen-bond donors (Lipinski definition) is 1. The van der Waals surface area contributed by atoms with Crippen LogP contribution in [0, 0.1) is 0 Å². The maximum absolute atomic E-state index is 11.0. The summed E-state index contributed by atoms with van der Waals surface area (Å²) in [5.74, 6) is 0. The van der Waals surface area contributed by atoms with Crippen LogP contribution in [0.1, 0.15) is 0 Å². The van der Waals surface area contributed by atoms with Crippen LogP contribution in [-0.2, 0) is 0 Å². The lowest BCUT2D eigenvalue weighted by molar-refractivity contribution is 0.339. The first-order chi connectivity index (χ1) is 5.79. The lowest BCUT2D eigenvalue weighted by Crippen LogP contribution is -1.86. The van der Waals surface area contributed by atoms with E-state index in [0.717, 1.165) is 13.3 Å². The van der Waals surface area contributed by atoms with E-state index in [1.807, 2.05) is 5.41 Å². The third-order valence-corrected chi connectivity index (χ3v) is 6.23. The summed E-state index contributed by atoms with van der Waals surface area (Å²) in [5.41, 5.74) is 0. The van der Waals surface area contributed by atoms with E-state index in [-0.39, 0.29) is 10.7 Å². The van der Waals surface area contributed by atoms with Gasteiger partial charge >= 0.3 is 0 Å². The molecule has 2 rings (SSSR count). The molecule has 2 heterocycles. The van der Waals surface area contributed by atoms with Crippen LogP contribution < -0.4 is 4.06 Å². The summed E-state index contributed by atoms with van der Waals surface area (Å²) in [4.78, 5) is 11.9. The number of aliphatic hydroxyl groups is 1. The minimum Gasteiger partial charge on any atom is -0.391 e. The summed E-state index contributed by atoms with van der Waals surface area (Å²) in [6.07, 6.45) is 0. The van der Waals surface area contributed by atoms with E-state index in [9.17, 15) is 4.79 Å². The van der Waals surface area contributed by atoms with Crippen molar-refractivity contribution in [1.29, 1.82) is 0 Å². The quantitative estimate of drug-likeness (QED) is 0.811. The fraction of sp³-hybridized carbons (Fsp3) is 0.167. The molecule has 0 bridgehead atoms. The second-order valence-corrected chi connectivity index (χ2v) is 6.75. The van der Waals surface area contributed by atoms with E-state index in [1.165, 1.54) is 46.2 Å². The molecule has 0 aliphatic carbocycles. The predicted molar refractivity (Wildman–Crippen MR) is 55.3 cm³/mol. The molecule has 1 aliphatic rings. The Hall–Kier alpha value is 0.250. The highest BCUT2D eigenvalue weighted by Crippen LogP contribution is 2.45. The zero-order valence-electron chi connectivity index (χ0n) is 5.77. The Balaban J connectivity index is 2.35.